The molecule has 3 rings (SSSR count). The molecule has 0 aromatic heterocycles. The molecular weight excluding hydrogens is 471 g/mol. The van der Waals surface area contributed by atoms with Crippen LogP contribution in [0.15, 0.2) is 4.99 Å². The summed E-state index contributed by atoms with van der Waals surface area (Å²) in [5.41, 5.74) is -0.147. The van der Waals surface area contributed by atoms with E-state index in [-0.39, 0.29) is 30.1 Å². The normalized spacial score (nSPS) is 28.1. The number of guanidine groups is 1. The fourth-order valence-corrected chi connectivity index (χ4v) is 5.05. The van der Waals surface area contributed by atoms with Gasteiger partial charge >= 0.3 is 6.09 Å². The first-order valence-corrected chi connectivity index (χ1v) is 10.4. The van der Waals surface area contributed by atoms with Gasteiger partial charge in [0, 0.05) is 44.1 Å². The largest absolute Gasteiger partial charge is 0.444 e. The number of fused-ring (bicyclic) bond motifs is 2. The number of amides is 1. The molecule has 1 heterocycles. The highest BCUT2D eigenvalue weighted by Gasteiger charge is 2.65. The van der Waals surface area contributed by atoms with Gasteiger partial charge in [-0.15, -0.1) is 24.0 Å². The summed E-state index contributed by atoms with van der Waals surface area (Å²) in [4.78, 5) is 16.1. The standard InChI is InChI=1S/C20H36N4O3.HI/c1-19(2,3)27-18(25)23-12-7-11-22-17(21-4)24-15-14-8-13-26-16(14)20(15)9-5-6-10-20;/h14-16H,5-13H2,1-4H3,(H,23,25)(H2,21,22,24);1H. The quantitative estimate of drug-likeness (QED) is 0.230. The molecule has 0 bridgehead atoms. The van der Waals surface area contributed by atoms with Crippen molar-refractivity contribution < 1.29 is 14.3 Å². The summed E-state index contributed by atoms with van der Waals surface area (Å²) in [6.07, 6.45) is 7.21. The van der Waals surface area contributed by atoms with E-state index in [0.29, 0.717) is 30.0 Å². The molecule has 7 nitrogen and oxygen atoms in total. The maximum atomic E-state index is 11.7. The summed E-state index contributed by atoms with van der Waals surface area (Å²) in [6, 6.07) is 0.471. The van der Waals surface area contributed by atoms with E-state index in [1.807, 2.05) is 27.8 Å². The molecule has 1 aliphatic heterocycles. The molecule has 162 valence electrons. The Morgan fingerprint density at radius 2 is 1.89 bits per heavy atom. The molecule has 1 spiro atoms. The van der Waals surface area contributed by atoms with Crippen molar-refractivity contribution in [3.63, 3.8) is 0 Å². The zero-order valence-electron chi connectivity index (χ0n) is 17.7. The molecule has 0 aromatic carbocycles. The molecular formula is C20H37IN4O3. The van der Waals surface area contributed by atoms with Crippen LogP contribution in [0.25, 0.3) is 0 Å². The number of halogens is 1. The molecule has 2 saturated carbocycles. The molecule has 3 atom stereocenters. The van der Waals surface area contributed by atoms with Gasteiger partial charge in [0.05, 0.1) is 6.10 Å². The lowest BCUT2D eigenvalue weighted by molar-refractivity contribution is -0.125. The molecule has 2 aliphatic carbocycles. The molecule has 0 radical (unpaired) electrons. The van der Waals surface area contributed by atoms with Gasteiger partial charge in [-0.3, -0.25) is 4.99 Å². The van der Waals surface area contributed by atoms with Gasteiger partial charge in [-0.05, 0) is 46.5 Å². The number of nitrogens with zero attached hydrogens (tertiary/aromatic N) is 1. The zero-order chi connectivity index (χ0) is 19.5. The molecule has 1 saturated heterocycles. The van der Waals surface area contributed by atoms with Crippen LogP contribution in [0.3, 0.4) is 0 Å². The molecule has 28 heavy (non-hydrogen) atoms. The van der Waals surface area contributed by atoms with Crippen molar-refractivity contribution in [2.75, 3.05) is 26.7 Å². The lowest BCUT2D eigenvalue weighted by Crippen LogP contribution is -2.69. The van der Waals surface area contributed by atoms with Crippen molar-refractivity contribution in [2.24, 2.45) is 16.3 Å². The van der Waals surface area contributed by atoms with E-state index in [1.165, 1.54) is 25.7 Å². The number of rotatable bonds is 5. The Balaban J connectivity index is 0.00000280. The van der Waals surface area contributed by atoms with Crippen LogP contribution >= 0.6 is 24.0 Å². The van der Waals surface area contributed by atoms with Crippen molar-refractivity contribution >= 4 is 36.0 Å². The third-order valence-corrected chi connectivity index (χ3v) is 6.12. The average molecular weight is 508 g/mol. The van der Waals surface area contributed by atoms with Gasteiger partial charge in [0.15, 0.2) is 5.96 Å². The predicted molar refractivity (Wildman–Crippen MR) is 121 cm³/mol. The summed E-state index contributed by atoms with van der Waals surface area (Å²) in [7, 11) is 1.82. The van der Waals surface area contributed by atoms with Gasteiger partial charge in [0.2, 0.25) is 0 Å². The Kier molecular flexibility index (Phi) is 8.25. The summed E-state index contributed by atoms with van der Waals surface area (Å²) in [5, 5.41) is 9.85. The van der Waals surface area contributed by atoms with E-state index >= 15 is 0 Å². The summed E-state index contributed by atoms with van der Waals surface area (Å²) in [5.74, 6) is 1.48. The maximum absolute atomic E-state index is 11.7. The Hall–Kier alpha value is -0.770. The van der Waals surface area contributed by atoms with Crippen LogP contribution in [0, 0.1) is 11.3 Å². The number of nitrogens with one attached hydrogen (secondary N) is 3. The van der Waals surface area contributed by atoms with Crippen LogP contribution in [0.5, 0.6) is 0 Å². The lowest BCUT2D eigenvalue weighted by Gasteiger charge is -2.57. The summed E-state index contributed by atoms with van der Waals surface area (Å²) >= 11 is 0. The Bertz CT molecular complexity index is 558. The highest BCUT2D eigenvalue weighted by Crippen LogP contribution is 2.60. The Labute approximate surface area is 186 Å². The van der Waals surface area contributed by atoms with E-state index in [2.05, 4.69) is 20.9 Å². The molecule has 3 N–H and O–H groups in total. The molecule has 1 amide bonds. The topological polar surface area (TPSA) is 84.0 Å². The van der Waals surface area contributed by atoms with Gasteiger partial charge in [0.25, 0.3) is 0 Å². The van der Waals surface area contributed by atoms with Gasteiger partial charge in [-0.25, -0.2) is 4.79 Å². The smallest absolute Gasteiger partial charge is 0.407 e. The maximum Gasteiger partial charge on any atom is 0.407 e. The number of carbonyl (C=O) groups excluding carboxylic acids is 1. The fourth-order valence-electron chi connectivity index (χ4n) is 5.05. The molecule has 3 aliphatic rings. The number of hydrogen-bond donors (Lipinski definition) is 3. The van der Waals surface area contributed by atoms with Crippen LogP contribution in [0.2, 0.25) is 0 Å². The van der Waals surface area contributed by atoms with E-state index in [4.69, 9.17) is 9.47 Å². The Morgan fingerprint density at radius 3 is 2.54 bits per heavy atom. The molecule has 0 aromatic rings. The number of aliphatic imine (C=N–C) groups is 1. The minimum absolute atomic E-state index is 0. The van der Waals surface area contributed by atoms with Crippen molar-refractivity contribution in [1.82, 2.24) is 16.0 Å². The van der Waals surface area contributed by atoms with Crippen LogP contribution < -0.4 is 16.0 Å². The van der Waals surface area contributed by atoms with Gasteiger partial charge in [-0.2, -0.15) is 0 Å². The first-order valence-electron chi connectivity index (χ1n) is 10.4. The first kappa shape index (κ1) is 23.5. The first-order chi connectivity index (χ1) is 12.9. The molecule has 8 heteroatoms. The van der Waals surface area contributed by atoms with Crippen molar-refractivity contribution in [2.45, 2.75) is 77.0 Å². The van der Waals surface area contributed by atoms with E-state index in [1.54, 1.807) is 0 Å². The Morgan fingerprint density at radius 1 is 1.21 bits per heavy atom. The van der Waals surface area contributed by atoms with Crippen LogP contribution in [0.4, 0.5) is 4.79 Å². The zero-order valence-corrected chi connectivity index (χ0v) is 20.0. The second-order valence-electron chi connectivity index (χ2n) is 9.09. The minimum Gasteiger partial charge on any atom is -0.444 e. The summed E-state index contributed by atoms with van der Waals surface area (Å²) < 4.78 is 11.3. The van der Waals surface area contributed by atoms with Gasteiger partial charge < -0.3 is 25.4 Å². The molecule has 3 fully saturated rings. The van der Waals surface area contributed by atoms with Gasteiger partial charge in [-0.1, -0.05) is 12.8 Å². The van der Waals surface area contributed by atoms with E-state index < -0.39 is 5.60 Å². The second-order valence-corrected chi connectivity index (χ2v) is 9.09. The average Bonchev–Trinajstić information content (AvgIpc) is 3.24. The SMILES string of the molecule is CN=C(NCCCNC(=O)OC(C)(C)C)NC1C2CCOC2C12CCCC2.I. The number of carbonyl (C=O) groups is 1. The van der Waals surface area contributed by atoms with Crippen molar-refractivity contribution in [1.29, 1.82) is 0 Å². The fraction of sp³-hybridized carbons (Fsp3) is 0.900. The molecule has 3 unspecified atom stereocenters. The van der Waals surface area contributed by atoms with Crippen molar-refractivity contribution in [3.05, 3.63) is 0 Å². The highest BCUT2D eigenvalue weighted by molar-refractivity contribution is 14.0. The number of ether oxygens (including phenoxy) is 2. The lowest BCUT2D eigenvalue weighted by atomic mass is 9.54. The van der Waals surface area contributed by atoms with Crippen molar-refractivity contribution in [3.8, 4) is 0 Å². The predicted octanol–water partition coefficient (Wildman–Crippen LogP) is 3.03. The third-order valence-electron chi connectivity index (χ3n) is 6.12. The van der Waals surface area contributed by atoms with Crippen LogP contribution in [-0.4, -0.2) is 56.5 Å². The van der Waals surface area contributed by atoms with E-state index in [9.17, 15) is 4.79 Å². The van der Waals surface area contributed by atoms with Gasteiger partial charge in [0.1, 0.15) is 5.60 Å². The minimum atomic E-state index is -0.463. The number of alkyl carbamates (subject to hydrolysis) is 1. The monoisotopic (exact) mass is 508 g/mol. The van der Waals surface area contributed by atoms with E-state index in [0.717, 1.165) is 32.0 Å². The second kappa shape index (κ2) is 9.82. The van der Waals surface area contributed by atoms with Crippen LogP contribution in [-0.2, 0) is 9.47 Å². The van der Waals surface area contributed by atoms with Crippen LogP contribution in [0.1, 0.15) is 59.3 Å². The third kappa shape index (κ3) is 5.23. The summed E-state index contributed by atoms with van der Waals surface area (Å²) in [6.45, 7) is 7.81. The highest BCUT2D eigenvalue weighted by atomic mass is 127. The number of hydrogen-bond acceptors (Lipinski definition) is 4.